The second-order valence-electron chi connectivity index (χ2n) is 3.20. The molecule has 0 radical (unpaired) electrons. The van der Waals surface area contributed by atoms with Crippen LogP contribution < -0.4 is 16.2 Å². The summed E-state index contributed by atoms with van der Waals surface area (Å²) in [5, 5.41) is 2.57. The Hall–Kier alpha value is -2.04. The van der Waals surface area contributed by atoms with Crippen LogP contribution in [-0.2, 0) is 0 Å². The van der Waals surface area contributed by atoms with Gasteiger partial charge in [-0.15, -0.1) is 0 Å². The molecule has 3 amide bonds. The first kappa shape index (κ1) is 12.0. The third-order valence-electron chi connectivity index (χ3n) is 1.86. The van der Waals surface area contributed by atoms with E-state index in [9.17, 15) is 9.59 Å². The number of nitrogens with one attached hydrogen (secondary N) is 3. The summed E-state index contributed by atoms with van der Waals surface area (Å²) in [4.78, 5) is 22.6. The van der Waals surface area contributed by atoms with Gasteiger partial charge < -0.3 is 5.32 Å². The van der Waals surface area contributed by atoms with Gasteiger partial charge in [0.05, 0.1) is 0 Å². The number of carbonyl (C=O) groups excluding carboxylic acids is 2. The summed E-state index contributed by atoms with van der Waals surface area (Å²) < 4.78 is 0. The van der Waals surface area contributed by atoms with E-state index in [4.69, 9.17) is 0 Å². The zero-order valence-electron chi connectivity index (χ0n) is 9.12. The van der Waals surface area contributed by atoms with E-state index in [0.29, 0.717) is 12.1 Å². The maximum atomic E-state index is 11.5. The molecule has 1 aromatic rings. The van der Waals surface area contributed by atoms with Gasteiger partial charge in [0.1, 0.15) is 0 Å². The topological polar surface area (TPSA) is 70.2 Å². The molecule has 0 heterocycles. The van der Waals surface area contributed by atoms with Crippen molar-refractivity contribution in [2.24, 2.45) is 0 Å². The lowest BCUT2D eigenvalue weighted by molar-refractivity contribution is 0.0936. The second-order valence-corrected chi connectivity index (χ2v) is 3.20. The lowest BCUT2D eigenvalue weighted by Gasteiger charge is -2.07. The van der Waals surface area contributed by atoms with Crippen molar-refractivity contribution in [2.75, 3.05) is 6.54 Å². The molecular weight excluding hydrogens is 206 g/mol. The molecule has 1 aromatic carbocycles. The normalized spacial score (nSPS) is 9.31. The lowest BCUT2D eigenvalue weighted by Crippen LogP contribution is -2.47. The monoisotopic (exact) mass is 221 g/mol. The van der Waals surface area contributed by atoms with Gasteiger partial charge in [0, 0.05) is 12.1 Å². The number of rotatable bonds is 3. The van der Waals surface area contributed by atoms with Crippen LogP contribution in [0.1, 0.15) is 23.7 Å². The van der Waals surface area contributed by atoms with Crippen molar-refractivity contribution in [1.29, 1.82) is 0 Å². The molecule has 0 bridgehead atoms. The maximum absolute atomic E-state index is 11.5. The van der Waals surface area contributed by atoms with Crippen molar-refractivity contribution in [2.45, 2.75) is 13.3 Å². The van der Waals surface area contributed by atoms with Gasteiger partial charge in [-0.1, -0.05) is 25.1 Å². The van der Waals surface area contributed by atoms with Gasteiger partial charge in [0.25, 0.3) is 5.91 Å². The quantitative estimate of drug-likeness (QED) is 0.667. The highest BCUT2D eigenvalue weighted by Crippen LogP contribution is 1.96. The Morgan fingerprint density at radius 3 is 2.44 bits per heavy atom. The Kier molecular flexibility index (Phi) is 4.85. The zero-order chi connectivity index (χ0) is 11.8. The fourth-order valence-corrected chi connectivity index (χ4v) is 1.06. The Morgan fingerprint density at radius 1 is 1.12 bits per heavy atom. The first-order valence-corrected chi connectivity index (χ1v) is 5.13. The van der Waals surface area contributed by atoms with Crippen LogP contribution in [0.15, 0.2) is 30.3 Å². The van der Waals surface area contributed by atoms with Gasteiger partial charge in [-0.2, -0.15) is 0 Å². The summed E-state index contributed by atoms with van der Waals surface area (Å²) in [7, 11) is 0. The van der Waals surface area contributed by atoms with Gasteiger partial charge in [0.15, 0.2) is 0 Å². The lowest BCUT2D eigenvalue weighted by atomic mass is 10.2. The average Bonchev–Trinajstić information content (AvgIpc) is 2.34. The molecule has 0 saturated carbocycles. The molecule has 16 heavy (non-hydrogen) atoms. The molecule has 0 saturated heterocycles. The summed E-state index contributed by atoms with van der Waals surface area (Å²) in [5.41, 5.74) is 5.07. The van der Waals surface area contributed by atoms with E-state index in [1.165, 1.54) is 0 Å². The molecule has 86 valence electrons. The van der Waals surface area contributed by atoms with Crippen molar-refractivity contribution < 1.29 is 9.59 Å². The minimum absolute atomic E-state index is 0.341. The van der Waals surface area contributed by atoms with Gasteiger partial charge in [-0.25, -0.2) is 10.2 Å². The third kappa shape index (κ3) is 4.00. The van der Waals surface area contributed by atoms with Crippen LogP contribution in [0.25, 0.3) is 0 Å². The van der Waals surface area contributed by atoms with E-state index in [0.717, 1.165) is 6.42 Å². The molecule has 0 aromatic heterocycles. The first-order chi connectivity index (χ1) is 7.74. The number of carbonyl (C=O) groups is 2. The highest BCUT2D eigenvalue weighted by molar-refractivity contribution is 5.95. The van der Waals surface area contributed by atoms with Crippen LogP contribution >= 0.6 is 0 Å². The van der Waals surface area contributed by atoms with E-state index >= 15 is 0 Å². The van der Waals surface area contributed by atoms with E-state index < -0.39 is 6.03 Å². The van der Waals surface area contributed by atoms with Crippen LogP contribution in [0.4, 0.5) is 4.79 Å². The number of benzene rings is 1. The molecule has 1 rings (SSSR count). The van der Waals surface area contributed by atoms with Crippen molar-refractivity contribution in [3.05, 3.63) is 35.9 Å². The highest BCUT2D eigenvalue weighted by atomic mass is 16.2. The van der Waals surface area contributed by atoms with Crippen LogP contribution in [0.5, 0.6) is 0 Å². The van der Waals surface area contributed by atoms with Crippen molar-refractivity contribution in [3.63, 3.8) is 0 Å². The molecule has 0 aliphatic rings. The van der Waals surface area contributed by atoms with Crippen LogP contribution in [0.3, 0.4) is 0 Å². The van der Waals surface area contributed by atoms with E-state index in [2.05, 4.69) is 16.2 Å². The average molecular weight is 221 g/mol. The summed E-state index contributed by atoms with van der Waals surface area (Å²) in [6.45, 7) is 2.52. The summed E-state index contributed by atoms with van der Waals surface area (Å²) in [6, 6.07) is 8.25. The molecule has 0 unspecified atom stereocenters. The minimum atomic E-state index is -0.411. The van der Waals surface area contributed by atoms with E-state index in [1.807, 2.05) is 13.0 Å². The molecule has 0 aliphatic carbocycles. The number of hydrogen-bond acceptors (Lipinski definition) is 2. The standard InChI is InChI=1S/C11H15N3O2/c1-2-8-12-11(16)14-13-10(15)9-6-4-3-5-7-9/h3-7H,2,8H2,1H3,(H,13,15)(H2,12,14,16). The molecule has 0 fully saturated rings. The van der Waals surface area contributed by atoms with Gasteiger partial charge in [-0.3, -0.25) is 10.2 Å². The fourth-order valence-electron chi connectivity index (χ4n) is 1.06. The Bertz CT molecular complexity index is 352. The van der Waals surface area contributed by atoms with Crippen LogP contribution in [-0.4, -0.2) is 18.5 Å². The number of amides is 3. The Morgan fingerprint density at radius 2 is 1.81 bits per heavy atom. The molecule has 5 nitrogen and oxygen atoms in total. The number of hydrogen-bond donors (Lipinski definition) is 3. The van der Waals surface area contributed by atoms with Gasteiger partial charge in [0.2, 0.25) is 0 Å². The number of hydrazine groups is 1. The van der Waals surface area contributed by atoms with Crippen LogP contribution in [0, 0.1) is 0 Å². The SMILES string of the molecule is CCCNC(=O)NNC(=O)c1ccccc1. The predicted molar refractivity (Wildman–Crippen MR) is 60.7 cm³/mol. The Balaban J connectivity index is 2.33. The van der Waals surface area contributed by atoms with Gasteiger partial charge >= 0.3 is 6.03 Å². The molecular formula is C11H15N3O2. The van der Waals surface area contributed by atoms with Crippen molar-refractivity contribution in [1.82, 2.24) is 16.2 Å². The van der Waals surface area contributed by atoms with Crippen LogP contribution in [0.2, 0.25) is 0 Å². The van der Waals surface area contributed by atoms with E-state index in [1.54, 1.807) is 24.3 Å². The van der Waals surface area contributed by atoms with Gasteiger partial charge in [-0.05, 0) is 18.6 Å². The summed E-state index contributed by atoms with van der Waals surface area (Å²) >= 11 is 0. The molecule has 5 heteroatoms. The van der Waals surface area contributed by atoms with E-state index in [-0.39, 0.29) is 5.91 Å². The maximum Gasteiger partial charge on any atom is 0.333 e. The fraction of sp³-hybridized carbons (Fsp3) is 0.273. The Labute approximate surface area is 94.2 Å². The smallest absolute Gasteiger partial charge is 0.333 e. The third-order valence-corrected chi connectivity index (χ3v) is 1.86. The largest absolute Gasteiger partial charge is 0.337 e. The first-order valence-electron chi connectivity index (χ1n) is 5.13. The summed E-state index contributed by atoms with van der Waals surface area (Å²) in [5.74, 6) is -0.341. The second kappa shape index (κ2) is 6.44. The number of urea groups is 1. The molecule has 0 atom stereocenters. The highest BCUT2D eigenvalue weighted by Gasteiger charge is 2.04. The predicted octanol–water partition coefficient (Wildman–Crippen LogP) is 1.04. The zero-order valence-corrected chi connectivity index (χ0v) is 9.12. The molecule has 0 spiro atoms. The molecule has 0 aliphatic heterocycles. The molecule has 3 N–H and O–H groups in total. The van der Waals surface area contributed by atoms with Crippen molar-refractivity contribution in [3.8, 4) is 0 Å². The minimum Gasteiger partial charge on any atom is -0.337 e. The van der Waals surface area contributed by atoms with Crippen molar-refractivity contribution >= 4 is 11.9 Å². The summed E-state index contributed by atoms with van der Waals surface area (Å²) in [6.07, 6.45) is 0.847.